The molecule has 19 heavy (non-hydrogen) atoms. The van der Waals surface area contributed by atoms with Crippen molar-refractivity contribution < 1.29 is 19.4 Å². The fourth-order valence-corrected chi connectivity index (χ4v) is 1.63. The minimum absolute atomic E-state index is 0.125. The number of hydrogen-bond acceptors (Lipinski definition) is 3. The number of hydrogen-bond donors (Lipinski definition) is 3. The highest BCUT2D eigenvalue weighted by Gasteiger charge is 2.24. The molecule has 1 amide bonds. The molecule has 4 nitrogen and oxygen atoms in total. The molecule has 0 fully saturated rings. The van der Waals surface area contributed by atoms with Crippen LogP contribution >= 0.6 is 23.2 Å². The number of amides is 1. The molecule has 0 heterocycles. The smallest absolute Gasteiger partial charge is 0.253 e. The summed E-state index contributed by atoms with van der Waals surface area (Å²) >= 11 is 10.7. The van der Waals surface area contributed by atoms with Gasteiger partial charge in [-0.2, -0.15) is 0 Å². The van der Waals surface area contributed by atoms with Gasteiger partial charge >= 0.3 is 0 Å². The van der Waals surface area contributed by atoms with Crippen molar-refractivity contribution in [1.29, 1.82) is 0 Å². The number of carbonyl (C=O) groups is 1. The van der Waals surface area contributed by atoms with Crippen LogP contribution in [0.2, 0.25) is 0 Å². The van der Waals surface area contributed by atoms with Crippen molar-refractivity contribution in [3.63, 3.8) is 0 Å². The van der Waals surface area contributed by atoms with Crippen molar-refractivity contribution in [3.8, 4) is 0 Å². The first kappa shape index (κ1) is 16.2. The van der Waals surface area contributed by atoms with Crippen LogP contribution in [-0.4, -0.2) is 33.7 Å². The van der Waals surface area contributed by atoms with Gasteiger partial charge in [0.25, 0.3) is 5.91 Å². The third kappa shape index (κ3) is 4.62. The average Bonchev–Trinajstić information content (AvgIpc) is 2.43. The number of aliphatic hydroxyl groups is 2. The van der Waals surface area contributed by atoms with Gasteiger partial charge in [-0.1, -0.05) is 47.5 Å². The lowest BCUT2D eigenvalue weighted by molar-refractivity contribution is -0.121. The van der Waals surface area contributed by atoms with Crippen molar-refractivity contribution in [2.45, 2.75) is 23.6 Å². The normalized spacial score (nSPS) is 14.2. The Bertz CT molecular complexity index is 414. The van der Waals surface area contributed by atoms with Crippen LogP contribution in [0.25, 0.3) is 0 Å². The van der Waals surface area contributed by atoms with Crippen LogP contribution in [0, 0.1) is 0 Å². The van der Waals surface area contributed by atoms with Gasteiger partial charge in [0.05, 0.1) is 12.6 Å². The first-order chi connectivity index (χ1) is 8.99. The van der Waals surface area contributed by atoms with Crippen LogP contribution in [0.4, 0.5) is 4.39 Å². The van der Waals surface area contributed by atoms with Crippen molar-refractivity contribution in [3.05, 3.63) is 35.4 Å². The van der Waals surface area contributed by atoms with Gasteiger partial charge in [-0.15, -0.1) is 0 Å². The van der Waals surface area contributed by atoms with Crippen LogP contribution in [0.5, 0.6) is 0 Å². The molecule has 1 aromatic rings. The highest BCUT2D eigenvalue weighted by Crippen LogP contribution is 2.19. The van der Waals surface area contributed by atoms with Gasteiger partial charge in [-0.3, -0.25) is 4.79 Å². The Kier molecular flexibility index (Phi) is 6.51. The van der Waals surface area contributed by atoms with E-state index >= 15 is 0 Å². The molecule has 1 aromatic carbocycles. The molecule has 0 radical (unpaired) electrons. The molecule has 0 aliphatic carbocycles. The number of benzene rings is 1. The third-order valence-corrected chi connectivity index (χ3v) is 2.97. The zero-order chi connectivity index (χ0) is 14.4. The Balaban J connectivity index is 2.76. The molecule has 2 atom stereocenters. The van der Waals surface area contributed by atoms with E-state index < -0.39 is 29.6 Å². The van der Waals surface area contributed by atoms with E-state index in [-0.39, 0.29) is 6.61 Å². The van der Waals surface area contributed by atoms with Crippen LogP contribution < -0.4 is 5.32 Å². The second kappa shape index (κ2) is 7.65. The predicted octanol–water partition coefficient (Wildman–Crippen LogP) is 1.47. The van der Waals surface area contributed by atoms with E-state index in [1.165, 1.54) is 0 Å². The minimum atomic E-state index is -1.32. The van der Waals surface area contributed by atoms with Crippen molar-refractivity contribution in [2.75, 3.05) is 6.67 Å². The van der Waals surface area contributed by atoms with Gasteiger partial charge in [-0.05, 0) is 11.1 Å². The van der Waals surface area contributed by atoms with Gasteiger partial charge < -0.3 is 15.5 Å². The SMILES string of the molecule is O=C(N[C@H](CF)[C@H](O)c1ccc(CO)cc1)C(Cl)Cl. The fraction of sp³-hybridized carbons (Fsp3) is 0.417. The maximum absolute atomic E-state index is 12.9. The van der Waals surface area contributed by atoms with Gasteiger partial charge in [-0.25, -0.2) is 4.39 Å². The van der Waals surface area contributed by atoms with E-state index in [0.29, 0.717) is 11.1 Å². The number of carbonyl (C=O) groups excluding carboxylic acids is 1. The van der Waals surface area contributed by atoms with Crippen molar-refractivity contribution in [2.24, 2.45) is 0 Å². The summed E-state index contributed by atoms with van der Waals surface area (Å²) in [5, 5.41) is 21.1. The predicted molar refractivity (Wildman–Crippen MR) is 70.7 cm³/mol. The Morgan fingerprint density at radius 2 is 1.89 bits per heavy atom. The van der Waals surface area contributed by atoms with Gasteiger partial charge in [0.2, 0.25) is 0 Å². The van der Waals surface area contributed by atoms with E-state index in [4.69, 9.17) is 28.3 Å². The van der Waals surface area contributed by atoms with E-state index in [9.17, 15) is 14.3 Å². The summed E-state index contributed by atoms with van der Waals surface area (Å²) in [4.78, 5) is 9.94. The first-order valence-corrected chi connectivity index (χ1v) is 6.39. The number of nitrogens with one attached hydrogen (secondary N) is 1. The monoisotopic (exact) mass is 309 g/mol. The summed E-state index contributed by atoms with van der Waals surface area (Å²) in [6.45, 7) is -1.09. The van der Waals surface area contributed by atoms with Gasteiger partial charge in [0.1, 0.15) is 12.8 Å². The summed E-state index contributed by atoms with van der Waals surface area (Å²) in [5.74, 6) is -0.767. The largest absolute Gasteiger partial charge is 0.392 e. The van der Waals surface area contributed by atoms with E-state index in [1.54, 1.807) is 24.3 Å². The molecule has 0 spiro atoms. The molecule has 1 rings (SSSR count). The lowest BCUT2D eigenvalue weighted by Crippen LogP contribution is -2.43. The average molecular weight is 310 g/mol. The van der Waals surface area contributed by atoms with E-state index in [1.807, 2.05) is 0 Å². The standard InChI is InChI=1S/C12H14Cl2FNO3/c13-11(14)12(19)16-9(5-15)10(18)8-3-1-7(6-17)2-4-8/h1-4,9-11,17-18H,5-6H2,(H,16,19)/t9-,10-/m1/s1. The fourth-order valence-electron chi connectivity index (χ4n) is 1.50. The number of rotatable bonds is 6. The van der Waals surface area contributed by atoms with Crippen LogP contribution in [0.3, 0.4) is 0 Å². The number of halogens is 3. The lowest BCUT2D eigenvalue weighted by atomic mass is 10.0. The highest BCUT2D eigenvalue weighted by molar-refractivity contribution is 6.53. The molecular weight excluding hydrogens is 296 g/mol. The molecule has 0 aromatic heterocycles. The zero-order valence-electron chi connectivity index (χ0n) is 9.89. The molecular formula is C12H14Cl2FNO3. The van der Waals surface area contributed by atoms with Crippen molar-refractivity contribution >= 4 is 29.1 Å². The van der Waals surface area contributed by atoms with Gasteiger partial charge in [0.15, 0.2) is 4.84 Å². The molecule has 0 saturated carbocycles. The molecule has 0 aliphatic heterocycles. The molecule has 0 aliphatic rings. The summed E-state index contributed by atoms with van der Waals surface area (Å²) in [5.41, 5.74) is 1.08. The summed E-state index contributed by atoms with van der Waals surface area (Å²) in [6.07, 6.45) is -1.23. The zero-order valence-corrected chi connectivity index (χ0v) is 11.4. The molecule has 0 saturated heterocycles. The Labute approximate surface area is 120 Å². The van der Waals surface area contributed by atoms with Gasteiger partial charge in [0, 0.05) is 0 Å². The van der Waals surface area contributed by atoms with Crippen LogP contribution in [-0.2, 0) is 11.4 Å². The second-order valence-electron chi connectivity index (χ2n) is 3.91. The second-order valence-corrected chi connectivity index (χ2v) is 5.01. The summed E-state index contributed by atoms with van der Waals surface area (Å²) < 4.78 is 12.9. The molecule has 3 N–H and O–H groups in total. The van der Waals surface area contributed by atoms with Crippen LogP contribution in [0.1, 0.15) is 17.2 Å². The maximum atomic E-state index is 12.9. The molecule has 0 unspecified atom stereocenters. The van der Waals surface area contributed by atoms with Crippen molar-refractivity contribution in [1.82, 2.24) is 5.32 Å². The maximum Gasteiger partial charge on any atom is 0.253 e. The number of aliphatic hydroxyl groups excluding tert-OH is 2. The molecule has 106 valence electrons. The Morgan fingerprint density at radius 3 is 2.32 bits per heavy atom. The quantitative estimate of drug-likeness (QED) is 0.697. The Morgan fingerprint density at radius 1 is 1.32 bits per heavy atom. The summed E-state index contributed by atoms with van der Waals surface area (Å²) in [6, 6.07) is 5.16. The van der Waals surface area contributed by atoms with E-state index in [0.717, 1.165) is 0 Å². The highest BCUT2D eigenvalue weighted by atomic mass is 35.5. The molecule has 7 heteroatoms. The third-order valence-electron chi connectivity index (χ3n) is 2.58. The lowest BCUT2D eigenvalue weighted by Gasteiger charge is -2.22. The molecule has 0 bridgehead atoms. The minimum Gasteiger partial charge on any atom is -0.392 e. The topological polar surface area (TPSA) is 69.6 Å². The Hall–Kier alpha value is -0.880. The first-order valence-electron chi connectivity index (χ1n) is 5.51. The number of alkyl halides is 3. The van der Waals surface area contributed by atoms with E-state index in [2.05, 4.69) is 5.32 Å². The summed E-state index contributed by atoms with van der Waals surface area (Å²) in [7, 11) is 0. The van der Waals surface area contributed by atoms with Crippen LogP contribution in [0.15, 0.2) is 24.3 Å².